The Labute approximate surface area is 105 Å². The van der Waals surface area contributed by atoms with Gasteiger partial charge in [-0.3, -0.25) is 0 Å². The summed E-state index contributed by atoms with van der Waals surface area (Å²) >= 11 is 0. The van der Waals surface area contributed by atoms with Gasteiger partial charge in [-0.15, -0.1) is 0 Å². The molecule has 0 saturated carbocycles. The first kappa shape index (κ1) is 14.0. The van der Waals surface area contributed by atoms with Crippen molar-refractivity contribution < 1.29 is 4.74 Å². The Hall–Kier alpha value is -1.02. The van der Waals surface area contributed by atoms with E-state index in [1.807, 2.05) is 0 Å². The third-order valence-corrected chi connectivity index (χ3v) is 2.83. The summed E-state index contributed by atoms with van der Waals surface area (Å²) < 4.78 is 6.04. The van der Waals surface area contributed by atoms with Crippen molar-refractivity contribution in [2.45, 2.75) is 53.2 Å². The van der Waals surface area contributed by atoms with E-state index in [1.54, 1.807) is 0 Å². The fourth-order valence-electron chi connectivity index (χ4n) is 1.75. The predicted octanol–water partition coefficient (Wildman–Crippen LogP) is 3.46. The quantitative estimate of drug-likeness (QED) is 0.815. The molecule has 2 nitrogen and oxygen atoms in total. The van der Waals surface area contributed by atoms with Crippen molar-refractivity contribution in [1.29, 1.82) is 0 Å². The molecule has 17 heavy (non-hydrogen) atoms. The largest absolute Gasteiger partial charge is 0.489 e. The van der Waals surface area contributed by atoms with Crippen LogP contribution in [-0.4, -0.2) is 18.7 Å². The Morgan fingerprint density at radius 3 is 2.47 bits per heavy atom. The lowest BCUT2D eigenvalue weighted by molar-refractivity contribution is 0.189. The van der Waals surface area contributed by atoms with Crippen LogP contribution in [0.1, 0.15) is 38.3 Å². The monoisotopic (exact) mass is 235 g/mol. The Morgan fingerprint density at radius 2 is 1.94 bits per heavy atom. The second-order valence-corrected chi connectivity index (χ2v) is 4.98. The summed E-state index contributed by atoms with van der Waals surface area (Å²) in [5.74, 6) is 1.01. The first-order valence-electron chi connectivity index (χ1n) is 6.50. The van der Waals surface area contributed by atoms with Crippen molar-refractivity contribution in [2.24, 2.45) is 0 Å². The maximum atomic E-state index is 6.04. The second kappa shape index (κ2) is 6.65. The van der Waals surface area contributed by atoms with Gasteiger partial charge in [0.05, 0.1) is 0 Å². The maximum Gasteiger partial charge on any atom is 0.122 e. The van der Waals surface area contributed by atoms with E-state index in [-0.39, 0.29) is 6.10 Å². The van der Waals surface area contributed by atoms with Crippen molar-refractivity contribution in [2.75, 3.05) is 6.54 Å². The van der Waals surface area contributed by atoms with E-state index in [1.165, 1.54) is 11.1 Å². The lowest BCUT2D eigenvalue weighted by atomic mass is 10.1. The summed E-state index contributed by atoms with van der Waals surface area (Å²) in [5, 5.41) is 3.42. The molecule has 0 spiro atoms. The third kappa shape index (κ3) is 4.78. The fourth-order valence-corrected chi connectivity index (χ4v) is 1.75. The first-order chi connectivity index (χ1) is 8.02. The van der Waals surface area contributed by atoms with Gasteiger partial charge < -0.3 is 10.1 Å². The molecule has 0 amide bonds. The molecule has 1 aromatic rings. The highest BCUT2D eigenvalue weighted by Gasteiger charge is 2.10. The second-order valence-electron chi connectivity index (χ2n) is 4.98. The van der Waals surface area contributed by atoms with Gasteiger partial charge in [-0.2, -0.15) is 0 Å². The molecule has 0 heterocycles. The van der Waals surface area contributed by atoms with Crippen LogP contribution in [0.3, 0.4) is 0 Å². The van der Waals surface area contributed by atoms with E-state index in [2.05, 4.69) is 58.1 Å². The molecule has 0 saturated heterocycles. The van der Waals surface area contributed by atoms with Crippen molar-refractivity contribution >= 4 is 0 Å². The number of aryl methyl sites for hydroxylation is 2. The van der Waals surface area contributed by atoms with E-state index in [0.717, 1.165) is 18.7 Å². The van der Waals surface area contributed by atoms with Gasteiger partial charge in [0.25, 0.3) is 0 Å². The summed E-state index contributed by atoms with van der Waals surface area (Å²) in [6.07, 6.45) is 1.27. The average molecular weight is 235 g/mol. The van der Waals surface area contributed by atoms with Gasteiger partial charge in [-0.1, -0.05) is 38.5 Å². The maximum absolute atomic E-state index is 6.04. The molecule has 0 bridgehead atoms. The van der Waals surface area contributed by atoms with Gasteiger partial charge >= 0.3 is 0 Å². The van der Waals surface area contributed by atoms with Gasteiger partial charge in [0.15, 0.2) is 0 Å². The van der Waals surface area contributed by atoms with Crippen LogP contribution in [0.4, 0.5) is 0 Å². The zero-order chi connectivity index (χ0) is 12.8. The number of hydrogen-bond acceptors (Lipinski definition) is 2. The number of rotatable bonds is 6. The topological polar surface area (TPSA) is 21.3 Å². The summed E-state index contributed by atoms with van der Waals surface area (Å²) in [7, 11) is 0. The lowest BCUT2D eigenvalue weighted by Gasteiger charge is -2.21. The van der Waals surface area contributed by atoms with Crippen LogP contribution >= 0.6 is 0 Å². The summed E-state index contributed by atoms with van der Waals surface area (Å²) in [5.41, 5.74) is 2.50. The Kier molecular flexibility index (Phi) is 5.49. The molecule has 1 aromatic carbocycles. The molecule has 0 aliphatic carbocycles. The predicted molar refractivity (Wildman–Crippen MR) is 73.8 cm³/mol. The number of benzene rings is 1. The standard InChI is InChI=1S/C15H25NO/c1-6-14(10-16-11(2)3)17-15-8-7-12(4)9-13(15)5/h7-9,11,14,16H,6,10H2,1-5H3. The van der Waals surface area contributed by atoms with E-state index >= 15 is 0 Å². The van der Waals surface area contributed by atoms with Gasteiger partial charge in [-0.05, 0) is 31.9 Å². The van der Waals surface area contributed by atoms with Crippen molar-refractivity contribution in [1.82, 2.24) is 5.32 Å². The van der Waals surface area contributed by atoms with Crippen molar-refractivity contribution in [3.8, 4) is 5.75 Å². The molecule has 0 aliphatic rings. The average Bonchev–Trinajstić information content (AvgIpc) is 2.26. The Balaban J connectivity index is 2.60. The molecule has 96 valence electrons. The molecule has 1 N–H and O–H groups in total. The third-order valence-electron chi connectivity index (χ3n) is 2.83. The SMILES string of the molecule is CCC(CNC(C)C)Oc1ccc(C)cc1C. The normalized spacial score (nSPS) is 12.8. The van der Waals surface area contributed by atoms with Crippen LogP contribution in [0.25, 0.3) is 0 Å². The molecule has 2 heteroatoms. The minimum atomic E-state index is 0.249. The zero-order valence-corrected chi connectivity index (χ0v) is 11.7. The fraction of sp³-hybridized carbons (Fsp3) is 0.600. The summed E-state index contributed by atoms with van der Waals surface area (Å²) in [4.78, 5) is 0. The molecule has 0 fully saturated rings. The van der Waals surface area contributed by atoms with Crippen molar-refractivity contribution in [3.63, 3.8) is 0 Å². The molecular weight excluding hydrogens is 210 g/mol. The van der Waals surface area contributed by atoms with Crippen LogP contribution in [-0.2, 0) is 0 Å². The highest BCUT2D eigenvalue weighted by Crippen LogP contribution is 2.20. The number of ether oxygens (including phenoxy) is 1. The van der Waals surface area contributed by atoms with E-state index in [9.17, 15) is 0 Å². The molecule has 1 rings (SSSR count). The van der Waals surface area contributed by atoms with Gasteiger partial charge in [0, 0.05) is 12.6 Å². The minimum absolute atomic E-state index is 0.249. The molecule has 1 unspecified atom stereocenters. The van der Waals surface area contributed by atoms with Crippen LogP contribution in [0, 0.1) is 13.8 Å². The molecule has 0 radical (unpaired) electrons. The van der Waals surface area contributed by atoms with Gasteiger partial charge in [0.2, 0.25) is 0 Å². The molecular formula is C15H25NO. The zero-order valence-electron chi connectivity index (χ0n) is 11.7. The van der Waals surface area contributed by atoms with E-state index in [0.29, 0.717) is 6.04 Å². The highest BCUT2D eigenvalue weighted by molar-refractivity contribution is 5.35. The summed E-state index contributed by atoms with van der Waals surface area (Å²) in [6, 6.07) is 6.85. The Morgan fingerprint density at radius 1 is 1.24 bits per heavy atom. The lowest BCUT2D eigenvalue weighted by Crippen LogP contribution is -2.35. The van der Waals surface area contributed by atoms with Crippen LogP contribution < -0.4 is 10.1 Å². The van der Waals surface area contributed by atoms with Crippen LogP contribution in [0.2, 0.25) is 0 Å². The number of nitrogens with one attached hydrogen (secondary N) is 1. The van der Waals surface area contributed by atoms with Crippen molar-refractivity contribution in [3.05, 3.63) is 29.3 Å². The minimum Gasteiger partial charge on any atom is -0.489 e. The van der Waals surface area contributed by atoms with Gasteiger partial charge in [-0.25, -0.2) is 0 Å². The van der Waals surface area contributed by atoms with E-state index in [4.69, 9.17) is 4.74 Å². The summed E-state index contributed by atoms with van der Waals surface area (Å²) in [6.45, 7) is 11.6. The molecule has 0 aliphatic heterocycles. The smallest absolute Gasteiger partial charge is 0.122 e. The van der Waals surface area contributed by atoms with Crippen LogP contribution in [0.5, 0.6) is 5.75 Å². The Bertz CT molecular complexity index is 347. The van der Waals surface area contributed by atoms with Gasteiger partial charge in [0.1, 0.15) is 11.9 Å². The van der Waals surface area contributed by atoms with E-state index < -0.39 is 0 Å². The molecule has 1 atom stereocenters. The highest BCUT2D eigenvalue weighted by atomic mass is 16.5. The number of hydrogen-bond donors (Lipinski definition) is 1. The molecule has 0 aromatic heterocycles. The van der Waals surface area contributed by atoms with Crippen LogP contribution in [0.15, 0.2) is 18.2 Å². The first-order valence-corrected chi connectivity index (χ1v) is 6.50.